The van der Waals surface area contributed by atoms with Gasteiger partial charge in [-0.1, -0.05) is 0 Å². The van der Waals surface area contributed by atoms with E-state index in [0.29, 0.717) is 0 Å². The normalized spacial score (nSPS) is 10.5. The molecule has 2 aromatic rings. The summed E-state index contributed by atoms with van der Waals surface area (Å²) >= 11 is 5.09. The van der Waals surface area contributed by atoms with Crippen molar-refractivity contribution in [1.29, 1.82) is 0 Å². The van der Waals surface area contributed by atoms with E-state index in [2.05, 4.69) is 43.1 Å². The van der Waals surface area contributed by atoms with E-state index in [9.17, 15) is 0 Å². The molecule has 0 unspecified atom stereocenters. The predicted octanol–water partition coefficient (Wildman–Crippen LogP) is 3.20. The Morgan fingerprint density at radius 2 is 2.20 bits per heavy atom. The third-order valence-corrected chi connectivity index (χ3v) is 3.21. The van der Waals surface area contributed by atoms with Crippen molar-refractivity contribution in [2.24, 2.45) is 0 Å². The highest BCUT2D eigenvalue weighted by atomic mass is 79.9. The fourth-order valence-electron chi connectivity index (χ4n) is 1.24. The summed E-state index contributed by atoms with van der Waals surface area (Å²) < 4.78 is 1.02. The molecule has 2 nitrogen and oxygen atoms in total. The average Bonchev–Trinajstić information content (AvgIpc) is 2.74. The van der Waals surface area contributed by atoms with Gasteiger partial charge >= 0.3 is 0 Å². The molecule has 0 saturated carbocycles. The molecule has 15 heavy (non-hydrogen) atoms. The van der Waals surface area contributed by atoms with E-state index in [1.807, 2.05) is 18.3 Å². The van der Waals surface area contributed by atoms with Gasteiger partial charge in [-0.25, -0.2) is 0 Å². The van der Waals surface area contributed by atoms with Gasteiger partial charge in [0.05, 0.1) is 5.69 Å². The number of nitrogens with zero attached hydrogens (tertiary/aromatic N) is 1. The Labute approximate surface area is 101 Å². The van der Waals surface area contributed by atoms with Gasteiger partial charge in [0.25, 0.3) is 0 Å². The molecule has 0 radical (unpaired) electrons. The van der Waals surface area contributed by atoms with Gasteiger partial charge in [-0.3, -0.25) is 4.98 Å². The summed E-state index contributed by atoms with van der Waals surface area (Å²) in [6, 6.07) is 6.16. The Balaban J connectivity index is 1.81. The van der Waals surface area contributed by atoms with Gasteiger partial charge in [-0.05, 0) is 50.5 Å². The Morgan fingerprint density at radius 1 is 1.27 bits per heavy atom. The van der Waals surface area contributed by atoms with Crippen molar-refractivity contribution in [3.05, 3.63) is 50.9 Å². The Kier molecular flexibility index (Phi) is 3.88. The van der Waals surface area contributed by atoms with Gasteiger partial charge < -0.3 is 5.32 Å². The van der Waals surface area contributed by atoms with Crippen molar-refractivity contribution in [1.82, 2.24) is 10.3 Å². The van der Waals surface area contributed by atoms with E-state index >= 15 is 0 Å². The van der Waals surface area contributed by atoms with Crippen molar-refractivity contribution in [3.8, 4) is 0 Å². The zero-order valence-electron chi connectivity index (χ0n) is 8.11. The van der Waals surface area contributed by atoms with E-state index in [4.69, 9.17) is 0 Å². The van der Waals surface area contributed by atoms with Crippen molar-refractivity contribution < 1.29 is 0 Å². The number of hydrogen-bond acceptors (Lipinski definition) is 3. The fraction of sp³-hybridized carbons (Fsp3) is 0.182. The molecule has 78 valence electrons. The molecule has 2 aromatic heterocycles. The van der Waals surface area contributed by atoms with Gasteiger partial charge in [0.1, 0.15) is 0 Å². The third kappa shape index (κ3) is 3.41. The van der Waals surface area contributed by atoms with E-state index in [1.54, 1.807) is 11.3 Å². The van der Waals surface area contributed by atoms with Gasteiger partial charge in [0.15, 0.2) is 0 Å². The number of nitrogens with one attached hydrogen (secondary N) is 1. The Hall–Kier alpha value is -0.710. The quantitative estimate of drug-likeness (QED) is 0.932. The molecule has 2 heterocycles. The van der Waals surface area contributed by atoms with Crippen molar-refractivity contribution in [2.45, 2.75) is 13.1 Å². The molecule has 0 bridgehead atoms. The predicted molar refractivity (Wildman–Crippen MR) is 66.8 cm³/mol. The van der Waals surface area contributed by atoms with E-state index in [1.165, 1.54) is 5.56 Å². The summed E-state index contributed by atoms with van der Waals surface area (Å²) in [6.45, 7) is 1.71. The maximum atomic E-state index is 4.29. The van der Waals surface area contributed by atoms with Crippen LogP contribution in [-0.2, 0) is 13.1 Å². The average molecular weight is 283 g/mol. The summed E-state index contributed by atoms with van der Waals surface area (Å²) in [4.78, 5) is 4.29. The number of halogens is 1. The van der Waals surface area contributed by atoms with E-state index in [-0.39, 0.29) is 0 Å². The minimum absolute atomic E-state index is 0.809. The van der Waals surface area contributed by atoms with Crippen molar-refractivity contribution >= 4 is 27.3 Å². The zero-order chi connectivity index (χ0) is 10.5. The Morgan fingerprint density at radius 3 is 2.87 bits per heavy atom. The first-order valence-electron chi connectivity index (χ1n) is 4.67. The summed E-state index contributed by atoms with van der Waals surface area (Å²) in [7, 11) is 0. The molecule has 0 saturated heterocycles. The fourth-order valence-corrected chi connectivity index (χ4v) is 2.14. The third-order valence-electron chi connectivity index (χ3n) is 2.00. The maximum Gasteiger partial charge on any atom is 0.0542 e. The first kappa shape index (κ1) is 10.8. The van der Waals surface area contributed by atoms with Crippen LogP contribution in [0.2, 0.25) is 0 Å². The molecule has 0 amide bonds. The van der Waals surface area contributed by atoms with Crippen LogP contribution >= 0.6 is 27.3 Å². The second-order valence-corrected chi connectivity index (χ2v) is 4.90. The largest absolute Gasteiger partial charge is 0.307 e. The highest BCUT2D eigenvalue weighted by Gasteiger charge is 1.95. The van der Waals surface area contributed by atoms with Crippen LogP contribution in [0.5, 0.6) is 0 Å². The summed E-state index contributed by atoms with van der Waals surface area (Å²) in [5.41, 5.74) is 2.39. The standard InChI is InChI=1S/C11H11BrN2S/c12-10-1-2-11(14-6-10)7-13-5-9-3-4-15-8-9/h1-4,6,8,13H,5,7H2. The van der Waals surface area contributed by atoms with Crippen LogP contribution in [0.1, 0.15) is 11.3 Å². The van der Waals surface area contributed by atoms with Crippen molar-refractivity contribution in [2.75, 3.05) is 0 Å². The van der Waals surface area contributed by atoms with Gasteiger partial charge in [0, 0.05) is 23.8 Å². The second kappa shape index (κ2) is 5.39. The van der Waals surface area contributed by atoms with Crippen LogP contribution in [0, 0.1) is 0 Å². The lowest BCUT2D eigenvalue weighted by molar-refractivity contribution is 0.681. The molecule has 4 heteroatoms. The van der Waals surface area contributed by atoms with Crippen LogP contribution in [0.15, 0.2) is 39.6 Å². The van der Waals surface area contributed by atoms with Crippen LogP contribution in [-0.4, -0.2) is 4.98 Å². The number of rotatable bonds is 4. The molecule has 0 fully saturated rings. The van der Waals surface area contributed by atoms with Crippen LogP contribution < -0.4 is 5.32 Å². The smallest absolute Gasteiger partial charge is 0.0542 e. The first-order chi connectivity index (χ1) is 7.34. The first-order valence-corrected chi connectivity index (χ1v) is 6.40. The minimum Gasteiger partial charge on any atom is -0.307 e. The summed E-state index contributed by atoms with van der Waals surface area (Å²) in [5.74, 6) is 0. The molecule has 0 aliphatic carbocycles. The molecule has 0 aromatic carbocycles. The van der Waals surface area contributed by atoms with Crippen LogP contribution in [0.25, 0.3) is 0 Å². The van der Waals surface area contributed by atoms with Crippen LogP contribution in [0.3, 0.4) is 0 Å². The topological polar surface area (TPSA) is 24.9 Å². The minimum atomic E-state index is 0.809. The number of hydrogen-bond donors (Lipinski definition) is 1. The highest BCUT2D eigenvalue weighted by Crippen LogP contribution is 2.08. The lowest BCUT2D eigenvalue weighted by Crippen LogP contribution is -2.12. The molecule has 0 atom stereocenters. The summed E-state index contributed by atoms with van der Waals surface area (Å²) in [6.07, 6.45) is 1.82. The number of pyridine rings is 1. The van der Waals surface area contributed by atoms with Gasteiger partial charge in [-0.2, -0.15) is 11.3 Å². The second-order valence-electron chi connectivity index (χ2n) is 3.20. The van der Waals surface area contributed by atoms with Gasteiger partial charge in [-0.15, -0.1) is 0 Å². The molecule has 0 aliphatic rings. The molecule has 2 rings (SSSR count). The summed E-state index contributed by atoms with van der Waals surface area (Å²) in [5, 5.41) is 7.60. The van der Waals surface area contributed by atoms with E-state index < -0.39 is 0 Å². The number of thiophene rings is 1. The van der Waals surface area contributed by atoms with Gasteiger partial charge in [0.2, 0.25) is 0 Å². The molecular weight excluding hydrogens is 272 g/mol. The molecular formula is C11H11BrN2S. The highest BCUT2D eigenvalue weighted by molar-refractivity contribution is 9.10. The number of aromatic nitrogens is 1. The lowest BCUT2D eigenvalue weighted by Gasteiger charge is -2.02. The van der Waals surface area contributed by atoms with Crippen molar-refractivity contribution in [3.63, 3.8) is 0 Å². The lowest BCUT2D eigenvalue weighted by atomic mass is 10.3. The maximum absolute atomic E-state index is 4.29. The van der Waals surface area contributed by atoms with Crippen LogP contribution in [0.4, 0.5) is 0 Å². The SMILES string of the molecule is Brc1ccc(CNCc2ccsc2)nc1. The zero-order valence-corrected chi connectivity index (χ0v) is 10.5. The monoisotopic (exact) mass is 282 g/mol. The molecule has 0 aliphatic heterocycles. The molecule has 1 N–H and O–H groups in total. The van der Waals surface area contributed by atoms with E-state index in [0.717, 1.165) is 23.3 Å². The molecule has 0 spiro atoms. The Bertz CT molecular complexity index is 397.